The van der Waals surface area contributed by atoms with Crippen molar-refractivity contribution in [3.63, 3.8) is 0 Å². The van der Waals surface area contributed by atoms with E-state index in [1.807, 2.05) is 19.1 Å². The van der Waals surface area contributed by atoms with E-state index in [4.69, 9.17) is 4.74 Å². The van der Waals surface area contributed by atoms with Gasteiger partial charge in [0.25, 0.3) is 0 Å². The van der Waals surface area contributed by atoms with Gasteiger partial charge in [0.1, 0.15) is 5.75 Å². The highest BCUT2D eigenvalue weighted by atomic mass is 16.5. The smallest absolute Gasteiger partial charge is 0.140 e. The maximum atomic E-state index is 5.76. The molecule has 0 unspecified atom stereocenters. The largest absolute Gasteiger partial charge is 0.492 e. The van der Waals surface area contributed by atoms with Crippen molar-refractivity contribution >= 4 is 0 Å². The lowest BCUT2D eigenvalue weighted by Crippen LogP contribution is -2.18. The highest BCUT2D eigenvalue weighted by molar-refractivity contribution is 5.29. The molecule has 1 aromatic heterocycles. The summed E-state index contributed by atoms with van der Waals surface area (Å²) in [6, 6.07) is 4.03. The van der Waals surface area contributed by atoms with Crippen LogP contribution in [0.5, 0.6) is 5.75 Å². The molecular weight excluding hydrogens is 212 g/mol. The Morgan fingerprint density at radius 3 is 2.76 bits per heavy atom. The van der Waals surface area contributed by atoms with Gasteiger partial charge in [-0.2, -0.15) is 0 Å². The zero-order chi connectivity index (χ0) is 12.5. The van der Waals surface area contributed by atoms with Crippen molar-refractivity contribution < 1.29 is 4.74 Å². The number of aryl methyl sites for hydroxylation is 2. The Labute approximate surface area is 105 Å². The molecule has 0 fully saturated rings. The Hall–Kier alpha value is -1.09. The molecule has 0 amide bonds. The van der Waals surface area contributed by atoms with Gasteiger partial charge in [0, 0.05) is 5.69 Å². The van der Waals surface area contributed by atoms with Crippen molar-refractivity contribution in [1.82, 2.24) is 10.3 Å². The number of aromatic nitrogens is 1. The minimum absolute atomic E-state index is 0.758. The fourth-order valence-corrected chi connectivity index (χ4v) is 1.66. The second kappa shape index (κ2) is 8.07. The number of nitrogens with zero attached hydrogens (tertiary/aromatic N) is 1. The molecule has 1 rings (SSSR count). The Bertz CT molecular complexity index is 326. The molecular formula is C14H24N2O. The van der Waals surface area contributed by atoms with E-state index in [0.717, 1.165) is 49.7 Å². The van der Waals surface area contributed by atoms with E-state index >= 15 is 0 Å². The van der Waals surface area contributed by atoms with E-state index in [-0.39, 0.29) is 0 Å². The van der Waals surface area contributed by atoms with Gasteiger partial charge < -0.3 is 10.1 Å². The van der Waals surface area contributed by atoms with E-state index in [9.17, 15) is 0 Å². The van der Waals surface area contributed by atoms with Crippen molar-refractivity contribution in [3.05, 3.63) is 23.5 Å². The van der Waals surface area contributed by atoms with Crippen LogP contribution in [0.1, 0.15) is 38.1 Å². The van der Waals surface area contributed by atoms with E-state index in [2.05, 4.69) is 24.1 Å². The zero-order valence-corrected chi connectivity index (χ0v) is 11.3. The molecule has 96 valence electrons. The monoisotopic (exact) mass is 236 g/mol. The van der Waals surface area contributed by atoms with E-state index < -0.39 is 0 Å². The highest BCUT2D eigenvalue weighted by Gasteiger charge is 2.03. The fourth-order valence-electron chi connectivity index (χ4n) is 1.66. The van der Waals surface area contributed by atoms with E-state index in [0.29, 0.717) is 0 Å². The van der Waals surface area contributed by atoms with Crippen molar-refractivity contribution in [1.29, 1.82) is 0 Å². The van der Waals surface area contributed by atoms with E-state index in [1.165, 1.54) is 6.42 Å². The number of ether oxygens (including phenoxy) is 1. The first-order valence-electron chi connectivity index (χ1n) is 6.58. The minimum atomic E-state index is 0.758. The molecule has 0 aliphatic carbocycles. The van der Waals surface area contributed by atoms with Gasteiger partial charge in [-0.3, -0.25) is 4.98 Å². The topological polar surface area (TPSA) is 34.1 Å². The maximum absolute atomic E-state index is 5.76. The molecule has 0 saturated carbocycles. The summed E-state index contributed by atoms with van der Waals surface area (Å²) >= 11 is 0. The third-order valence-corrected chi connectivity index (χ3v) is 2.59. The zero-order valence-electron chi connectivity index (χ0n) is 11.3. The molecule has 0 spiro atoms. The lowest BCUT2D eigenvalue weighted by Gasteiger charge is -2.10. The van der Waals surface area contributed by atoms with Crippen molar-refractivity contribution in [2.24, 2.45) is 0 Å². The average molecular weight is 236 g/mol. The van der Waals surface area contributed by atoms with Crippen LogP contribution in [0.15, 0.2) is 12.1 Å². The second-order valence-corrected chi connectivity index (χ2v) is 4.20. The summed E-state index contributed by atoms with van der Waals surface area (Å²) in [5, 5.41) is 3.36. The predicted molar refractivity (Wildman–Crippen MR) is 71.6 cm³/mol. The molecule has 3 nitrogen and oxygen atoms in total. The maximum Gasteiger partial charge on any atom is 0.140 e. The van der Waals surface area contributed by atoms with Crippen LogP contribution in [0.4, 0.5) is 0 Å². The molecule has 0 aliphatic heterocycles. The summed E-state index contributed by atoms with van der Waals surface area (Å²) in [4.78, 5) is 4.48. The second-order valence-electron chi connectivity index (χ2n) is 4.20. The van der Waals surface area contributed by atoms with Gasteiger partial charge in [-0.15, -0.1) is 0 Å². The van der Waals surface area contributed by atoms with E-state index in [1.54, 1.807) is 0 Å². The molecule has 0 bridgehead atoms. The SMILES string of the molecule is CCCNCCCOc1ccc(C)nc1CC. The Kier molecular flexibility index (Phi) is 6.63. The number of nitrogens with one attached hydrogen (secondary N) is 1. The van der Waals surface area contributed by atoms with Crippen LogP contribution in [0, 0.1) is 6.92 Å². The van der Waals surface area contributed by atoms with Gasteiger partial charge in [-0.05, 0) is 51.4 Å². The predicted octanol–water partition coefficient (Wildman–Crippen LogP) is 2.72. The molecule has 1 aromatic rings. The van der Waals surface area contributed by atoms with Crippen LogP contribution in [-0.2, 0) is 6.42 Å². The molecule has 1 heterocycles. The molecule has 3 heteroatoms. The number of hydrogen-bond acceptors (Lipinski definition) is 3. The molecule has 0 saturated heterocycles. The summed E-state index contributed by atoms with van der Waals surface area (Å²) in [7, 11) is 0. The quantitative estimate of drug-likeness (QED) is 0.705. The van der Waals surface area contributed by atoms with Crippen LogP contribution in [0.25, 0.3) is 0 Å². The number of hydrogen-bond donors (Lipinski definition) is 1. The van der Waals surface area contributed by atoms with Crippen LogP contribution >= 0.6 is 0 Å². The van der Waals surface area contributed by atoms with Gasteiger partial charge in [0.15, 0.2) is 0 Å². The summed E-state index contributed by atoms with van der Waals surface area (Å²) in [5.41, 5.74) is 2.12. The summed E-state index contributed by atoms with van der Waals surface area (Å²) in [6.45, 7) is 9.17. The van der Waals surface area contributed by atoms with Gasteiger partial charge in [-0.1, -0.05) is 13.8 Å². The lowest BCUT2D eigenvalue weighted by atomic mass is 10.2. The summed E-state index contributed by atoms with van der Waals surface area (Å²) in [5.74, 6) is 0.939. The molecule has 0 radical (unpaired) electrons. The third kappa shape index (κ3) is 5.18. The first-order valence-corrected chi connectivity index (χ1v) is 6.58. The third-order valence-electron chi connectivity index (χ3n) is 2.59. The first-order chi connectivity index (χ1) is 8.27. The first kappa shape index (κ1) is 14.0. The van der Waals surface area contributed by atoms with Crippen LogP contribution < -0.4 is 10.1 Å². The summed E-state index contributed by atoms with van der Waals surface area (Å²) < 4.78 is 5.76. The number of pyridine rings is 1. The normalized spacial score (nSPS) is 10.5. The highest BCUT2D eigenvalue weighted by Crippen LogP contribution is 2.17. The van der Waals surface area contributed by atoms with Crippen molar-refractivity contribution in [2.45, 2.75) is 40.0 Å². The molecule has 0 atom stereocenters. The van der Waals surface area contributed by atoms with Gasteiger partial charge in [0.05, 0.1) is 12.3 Å². The van der Waals surface area contributed by atoms with Crippen LogP contribution in [-0.4, -0.2) is 24.7 Å². The Morgan fingerprint density at radius 1 is 1.24 bits per heavy atom. The molecule has 1 N–H and O–H groups in total. The molecule has 0 aromatic carbocycles. The van der Waals surface area contributed by atoms with Gasteiger partial charge in [-0.25, -0.2) is 0 Å². The van der Waals surface area contributed by atoms with Crippen LogP contribution in [0.3, 0.4) is 0 Å². The van der Waals surface area contributed by atoms with Crippen molar-refractivity contribution in [3.8, 4) is 5.75 Å². The standard InChI is InChI=1S/C14H24N2O/c1-4-9-15-10-6-11-17-14-8-7-12(3)16-13(14)5-2/h7-8,15H,4-6,9-11H2,1-3H3. The molecule has 0 aliphatic rings. The average Bonchev–Trinajstić information content (AvgIpc) is 2.35. The van der Waals surface area contributed by atoms with Gasteiger partial charge >= 0.3 is 0 Å². The number of rotatable bonds is 8. The molecule has 17 heavy (non-hydrogen) atoms. The lowest BCUT2D eigenvalue weighted by molar-refractivity contribution is 0.303. The Morgan fingerprint density at radius 2 is 2.06 bits per heavy atom. The van der Waals surface area contributed by atoms with Crippen LogP contribution in [0.2, 0.25) is 0 Å². The minimum Gasteiger partial charge on any atom is -0.492 e. The Balaban J connectivity index is 2.31. The summed E-state index contributed by atoms with van der Waals surface area (Å²) in [6.07, 6.45) is 3.14. The van der Waals surface area contributed by atoms with Gasteiger partial charge in [0.2, 0.25) is 0 Å². The fraction of sp³-hybridized carbons (Fsp3) is 0.643. The van der Waals surface area contributed by atoms with Crippen molar-refractivity contribution in [2.75, 3.05) is 19.7 Å².